The third-order valence-electron chi connectivity index (χ3n) is 3.01. The lowest BCUT2D eigenvalue weighted by Gasteiger charge is -2.05. The number of primary amides is 1. The summed E-state index contributed by atoms with van der Waals surface area (Å²) < 4.78 is 0. The van der Waals surface area contributed by atoms with Crippen molar-refractivity contribution >= 4 is 11.9 Å². The van der Waals surface area contributed by atoms with E-state index in [-0.39, 0.29) is 0 Å². The third-order valence-corrected chi connectivity index (χ3v) is 3.01. The van der Waals surface area contributed by atoms with Gasteiger partial charge in [0.05, 0.1) is 6.54 Å². The van der Waals surface area contributed by atoms with Crippen LogP contribution in [0.1, 0.15) is 48.5 Å². The molecule has 0 saturated carbocycles. The number of nitrogens with one attached hydrogen (secondary N) is 1. The van der Waals surface area contributed by atoms with E-state index in [1.807, 2.05) is 12.1 Å². The summed E-state index contributed by atoms with van der Waals surface area (Å²) in [6, 6.07) is 7.05. The molecule has 0 saturated heterocycles. The first-order valence-electron chi connectivity index (χ1n) is 7.06. The summed E-state index contributed by atoms with van der Waals surface area (Å²) >= 11 is 0. The zero-order valence-electron chi connectivity index (χ0n) is 12.1. The van der Waals surface area contributed by atoms with Crippen molar-refractivity contribution in [3.8, 4) is 0 Å². The summed E-state index contributed by atoms with van der Waals surface area (Å²) in [6.45, 7) is 3.54. The number of nitrogens with zero attached hydrogens (tertiary/aromatic N) is 1. The Balaban J connectivity index is 2.33. The molecular formula is C15H24N4O. The predicted octanol–water partition coefficient (Wildman–Crippen LogP) is 1.77. The highest BCUT2D eigenvalue weighted by Gasteiger charge is 1.99. The topological polar surface area (TPSA) is 93.5 Å². The molecule has 1 amide bonds. The molecule has 0 bridgehead atoms. The molecule has 0 radical (unpaired) electrons. The van der Waals surface area contributed by atoms with Gasteiger partial charge < -0.3 is 16.8 Å². The SMILES string of the molecule is CCCCCCNC(N)=NCc1ccc(C(N)=O)cc1. The second kappa shape index (κ2) is 8.96. The number of nitrogens with two attached hydrogens (primary N) is 2. The molecule has 5 heteroatoms. The van der Waals surface area contributed by atoms with Crippen molar-refractivity contribution in [3.63, 3.8) is 0 Å². The number of benzene rings is 1. The maximum atomic E-state index is 10.9. The molecule has 20 heavy (non-hydrogen) atoms. The van der Waals surface area contributed by atoms with E-state index in [1.54, 1.807) is 12.1 Å². The number of carbonyl (C=O) groups is 1. The molecule has 0 aromatic heterocycles. The number of hydrogen-bond acceptors (Lipinski definition) is 2. The zero-order valence-corrected chi connectivity index (χ0v) is 12.1. The number of unbranched alkanes of at least 4 members (excludes halogenated alkanes) is 3. The second-order valence-corrected chi connectivity index (χ2v) is 4.75. The summed E-state index contributed by atoms with van der Waals surface area (Å²) in [4.78, 5) is 15.2. The van der Waals surface area contributed by atoms with Crippen LogP contribution in [0.5, 0.6) is 0 Å². The molecular weight excluding hydrogens is 252 g/mol. The van der Waals surface area contributed by atoms with Crippen LogP contribution >= 0.6 is 0 Å². The number of carbonyl (C=O) groups excluding carboxylic acids is 1. The van der Waals surface area contributed by atoms with Crippen LogP contribution in [0.3, 0.4) is 0 Å². The summed E-state index contributed by atoms with van der Waals surface area (Å²) in [5.74, 6) is 0.0359. The first kappa shape index (κ1) is 16.0. The molecule has 5 N–H and O–H groups in total. The van der Waals surface area contributed by atoms with E-state index in [1.165, 1.54) is 19.3 Å². The lowest BCUT2D eigenvalue weighted by Crippen LogP contribution is -2.32. The molecule has 0 atom stereocenters. The Hall–Kier alpha value is -2.04. The third kappa shape index (κ3) is 6.22. The Bertz CT molecular complexity index is 440. The largest absolute Gasteiger partial charge is 0.370 e. The fraction of sp³-hybridized carbons (Fsp3) is 0.467. The maximum Gasteiger partial charge on any atom is 0.248 e. The van der Waals surface area contributed by atoms with Gasteiger partial charge in [-0.05, 0) is 24.1 Å². The molecule has 0 fully saturated rings. The summed E-state index contributed by atoms with van der Waals surface area (Å²) in [5, 5.41) is 3.10. The molecule has 0 unspecified atom stereocenters. The number of hydrogen-bond donors (Lipinski definition) is 3. The van der Waals surface area contributed by atoms with Gasteiger partial charge in [-0.15, -0.1) is 0 Å². The Morgan fingerprint density at radius 3 is 2.45 bits per heavy atom. The van der Waals surface area contributed by atoms with Gasteiger partial charge in [-0.3, -0.25) is 4.79 Å². The molecule has 0 aliphatic carbocycles. The Morgan fingerprint density at radius 2 is 1.85 bits per heavy atom. The number of guanidine groups is 1. The first-order chi connectivity index (χ1) is 9.63. The predicted molar refractivity (Wildman–Crippen MR) is 82.4 cm³/mol. The fourth-order valence-electron chi connectivity index (χ4n) is 1.78. The van der Waals surface area contributed by atoms with Crippen molar-refractivity contribution in [2.75, 3.05) is 6.54 Å². The lowest BCUT2D eigenvalue weighted by molar-refractivity contribution is 0.100. The minimum absolute atomic E-state index is 0.423. The van der Waals surface area contributed by atoms with Gasteiger partial charge >= 0.3 is 0 Å². The van der Waals surface area contributed by atoms with Crippen LogP contribution in [-0.2, 0) is 6.54 Å². The van der Waals surface area contributed by atoms with E-state index in [4.69, 9.17) is 11.5 Å². The fourth-order valence-corrected chi connectivity index (χ4v) is 1.78. The number of rotatable bonds is 8. The Kier molecular flexibility index (Phi) is 7.17. The standard InChI is InChI=1S/C15H24N4O/c1-2-3-4-5-10-18-15(17)19-11-12-6-8-13(9-7-12)14(16)20/h6-9H,2-5,10-11H2,1H3,(H2,16,20)(H3,17,18,19). The van der Waals surface area contributed by atoms with Crippen LogP contribution in [0.2, 0.25) is 0 Å². The van der Waals surface area contributed by atoms with Crippen LogP contribution < -0.4 is 16.8 Å². The van der Waals surface area contributed by atoms with Gasteiger partial charge in [-0.1, -0.05) is 38.3 Å². The maximum absolute atomic E-state index is 10.9. The van der Waals surface area contributed by atoms with Crippen LogP contribution in [0, 0.1) is 0 Å². The highest BCUT2D eigenvalue weighted by molar-refractivity contribution is 5.92. The van der Waals surface area contributed by atoms with E-state index in [2.05, 4.69) is 17.2 Å². The van der Waals surface area contributed by atoms with Crippen LogP contribution in [0.15, 0.2) is 29.3 Å². The average molecular weight is 276 g/mol. The van der Waals surface area contributed by atoms with E-state index >= 15 is 0 Å². The minimum Gasteiger partial charge on any atom is -0.370 e. The van der Waals surface area contributed by atoms with E-state index in [0.29, 0.717) is 18.1 Å². The normalized spacial score (nSPS) is 11.3. The smallest absolute Gasteiger partial charge is 0.248 e. The van der Waals surface area contributed by atoms with Crippen molar-refractivity contribution < 1.29 is 4.79 Å². The summed E-state index contributed by atoms with van der Waals surface area (Å²) in [7, 11) is 0. The second-order valence-electron chi connectivity index (χ2n) is 4.75. The minimum atomic E-state index is -0.423. The molecule has 1 aromatic rings. The van der Waals surface area contributed by atoms with Crippen molar-refractivity contribution in [3.05, 3.63) is 35.4 Å². The van der Waals surface area contributed by atoms with Crippen LogP contribution in [0.4, 0.5) is 0 Å². The van der Waals surface area contributed by atoms with Crippen LogP contribution in [0.25, 0.3) is 0 Å². The summed E-state index contributed by atoms with van der Waals surface area (Å²) in [6.07, 6.45) is 4.80. The molecule has 0 spiro atoms. The van der Waals surface area contributed by atoms with Gasteiger partial charge in [0.25, 0.3) is 0 Å². The molecule has 1 aromatic carbocycles. The van der Waals surface area contributed by atoms with Gasteiger partial charge in [0, 0.05) is 12.1 Å². The Labute approximate surface area is 120 Å². The monoisotopic (exact) mass is 276 g/mol. The molecule has 0 heterocycles. The van der Waals surface area contributed by atoms with E-state index in [0.717, 1.165) is 18.5 Å². The summed E-state index contributed by atoms with van der Waals surface area (Å²) in [5.41, 5.74) is 12.4. The molecule has 5 nitrogen and oxygen atoms in total. The van der Waals surface area contributed by atoms with Gasteiger partial charge in [0.2, 0.25) is 5.91 Å². The molecule has 0 aliphatic heterocycles. The van der Waals surface area contributed by atoms with Gasteiger partial charge in [0.1, 0.15) is 0 Å². The Morgan fingerprint density at radius 1 is 1.15 bits per heavy atom. The number of amides is 1. The van der Waals surface area contributed by atoms with Gasteiger partial charge in [0.15, 0.2) is 5.96 Å². The molecule has 0 aliphatic rings. The molecule has 110 valence electrons. The van der Waals surface area contributed by atoms with E-state index in [9.17, 15) is 4.79 Å². The molecule has 1 rings (SSSR count). The van der Waals surface area contributed by atoms with Crippen molar-refractivity contribution in [2.45, 2.75) is 39.2 Å². The quantitative estimate of drug-likeness (QED) is 0.384. The first-order valence-corrected chi connectivity index (χ1v) is 7.06. The van der Waals surface area contributed by atoms with Crippen LogP contribution in [-0.4, -0.2) is 18.4 Å². The van der Waals surface area contributed by atoms with Crippen molar-refractivity contribution in [1.29, 1.82) is 0 Å². The average Bonchev–Trinajstić information content (AvgIpc) is 2.45. The van der Waals surface area contributed by atoms with Gasteiger partial charge in [-0.25, -0.2) is 4.99 Å². The van der Waals surface area contributed by atoms with Gasteiger partial charge in [-0.2, -0.15) is 0 Å². The van der Waals surface area contributed by atoms with Crippen molar-refractivity contribution in [2.24, 2.45) is 16.5 Å². The zero-order chi connectivity index (χ0) is 14.8. The highest BCUT2D eigenvalue weighted by atomic mass is 16.1. The van der Waals surface area contributed by atoms with E-state index < -0.39 is 5.91 Å². The van der Waals surface area contributed by atoms with Crippen molar-refractivity contribution in [1.82, 2.24) is 5.32 Å². The number of aliphatic imine (C=N–C) groups is 1. The lowest BCUT2D eigenvalue weighted by atomic mass is 10.1. The highest BCUT2D eigenvalue weighted by Crippen LogP contribution is 2.05.